The molecule has 1 aliphatic rings. The Morgan fingerprint density at radius 1 is 0.895 bits per heavy atom. The van der Waals surface area contributed by atoms with Gasteiger partial charge in [-0.15, -0.1) is 0 Å². The number of carbonyl (C=O) groups excluding carboxylic acids is 3. The van der Waals surface area contributed by atoms with E-state index in [1.54, 1.807) is 62.4 Å². The number of hydrogen-bond acceptors (Lipinski definition) is 6. The van der Waals surface area contributed by atoms with Crippen molar-refractivity contribution >= 4 is 41.4 Å². The maximum Gasteiger partial charge on any atom is 0.324 e. The Kier molecular flexibility index (Phi) is 8.11. The molecule has 4 rings (SSSR count). The van der Waals surface area contributed by atoms with E-state index in [9.17, 15) is 19.5 Å². The lowest BCUT2D eigenvalue weighted by Gasteiger charge is -2.24. The summed E-state index contributed by atoms with van der Waals surface area (Å²) >= 11 is 12.1. The van der Waals surface area contributed by atoms with E-state index in [1.807, 2.05) is 0 Å². The molecule has 1 N–H and O–H groups in total. The summed E-state index contributed by atoms with van der Waals surface area (Å²) in [5.74, 6) is 4.40. The van der Waals surface area contributed by atoms with Crippen LogP contribution in [0.15, 0.2) is 48.5 Å². The number of fused-ring (bicyclic) bond motifs is 1. The summed E-state index contributed by atoms with van der Waals surface area (Å²) in [6, 6.07) is 13.7. The maximum atomic E-state index is 13.2. The lowest BCUT2D eigenvalue weighted by molar-refractivity contribution is -0.171. The molecule has 38 heavy (non-hydrogen) atoms. The zero-order chi connectivity index (χ0) is 27.4. The van der Waals surface area contributed by atoms with Crippen molar-refractivity contribution in [2.24, 2.45) is 5.41 Å². The van der Waals surface area contributed by atoms with E-state index in [0.29, 0.717) is 44.1 Å². The molecule has 0 radical (unpaired) electrons. The molecule has 0 atom stereocenters. The molecule has 0 aliphatic heterocycles. The highest BCUT2D eigenvalue weighted by molar-refractivity contribution is 6.30. The lowest BCUT2D eigenvalue weighted by atomic mass is 9.84. The van der Waals surface area contributed by atoms with Crippen LogP contribution in [0.2, 0.25) is 10.0 Å². The van der Waals surface area contributed by atoms with Gasteiger partial charge in [-0.2, -0.15) is 0 Å². The minimum absolute atomic E-state index is 0.00463. The molecule has 3 aromatic carbocycles. The fourth-order valence-corrected chi connectivity index (χ4v) is 4.91. The second-order valence-corrected chi connectivity index (χ2v) is 9.60. The van der Waals surface area contributed by atoms with Crippen molar-refractivity contribution in [2.75, 3.05) is 13.2 Å². The van der Waals surface area contributed by atoms with Crippen molar-refractivity contribution < 1.29 is 29.0 Å². The summed E-state index contributed by atoms with van der Waals surface area (Å²) in [5, 5.41) is 12.3. The van der Waals surface area contributed by atoms with Gasteiger partial charge in [0.2, 0.25) is 0 Å². The number of hydrogen-bond donors (Lipinski definition) is 1. The Hall–Kier alpha value is -3.79. The number of aromatic hydroxyl groups is 1. The second kappa shape index (κ2) is 11.3. The van der Waals surface area contributed by atoms with Crippen molar-refractivity contribution in [3.63, 3.8) is 0 Å². The number of phenolic OH excluding ortho intramolecular Hbond substituents is 1. The number of ether oxygens (including phenoxy) is 2. The smallest absolute Gasteiger partial charge is 0.324 e. The Bertz CT molecular complexity index is 1450. The number of rotatable bonds is 6. The molecule has 0 spiro atoms. The third-order valence-corrected chi connectivity index (χ3v) is 6.95. The van der Waals surface area contributed by atoms with Gasteiger partial charge in [-0.05, 0) is 61.4 Å². The van der Waals surface area contributed by atoms with E-state index in [2.05, 4.69) is 11.8 Å². The molecule has 3 aromatic rings. The zero-order valence-corrected chi connectivity index (χ0v) is 22.3. The monoisotopic (exact) mass is 550 g/mol. The van der Waals surface area contributed by atoms with E-state index in [1.165, 1.54) is 0 Å². The predicted molar refractivity (Wildman–Crippen MR) is 144 cm³/mol. The molecular formula is C30H24Cl2O6. The van der Waals surface area contributed by atoms with Crippen molar-refractivity contribution in [1.29, 1.82) is 0 Å². The number of phenols is 1. The van der Waals surface area contributed by atoms with Crippen molar-refractivity contribution in [2.45, 2.75) is 26.7 Å². The third-order valence-electron chi connectivity index (χ3n) is 6.44. The van der Waals surface area contributed by atoms with Crippen LogP contribution in [0.4, 0.5) is 0 Å². The summed E-state index contributed by atoms with van der Waals surface area (Å²) in [6.45, 7) is 3.40. The molecule has 8 heteroatoms. The van der Waals surface area contributed by atoms with Crippen LogP contribution in [0.25, 0.3) is 11.1 Å². The van der Waals surface area contributed by atoms with Crippen LogP contribution in [0.5, 0.6) is 5.75 Å². The van der Waals surface area contributed by atoms with Crippen molar-refractivity contribution in [3.05, 3.63) is 86.4 Å². The van der Waals surface area contributed by atoms with Crippen LogP contribution < -0.4 is 0 Å². The van der Waals surface area contributed by atoms with Gasteiger partial charge in [0.25, 0.3) is 0 Å². The van der Waals surface area contributed by atoms with Gasteiger partial charge in [-0.25, -0.2) is 0 Å². The van der Waals surface area contributed by atoms with Gasteiger partial charge in [0, 0.05) is 45.1 Å². The van der Waals surface area contributed by atoms with Crippen LogP contribution in [-0.2, 0) is 31.9 Å². The number of esters is 2. The first kappa shape index (κ1) is 27.3. The number of aldehydes is 1. The average Bonchev–Trinajstić information content (AvgIpc) is 3.32. The highest BCUT2D eigenvalue weighted by atomic mass is 35.5. The number of carbonyl (C=O) groups is 3. The fourth-order valence-electron chi connectivity index (χ4n) is 4.66. The van der Waals surface area contributed by atoms with E-state index in [-0.39, 0.29) is 42.9 Å². The van der Waals surface area contributed by atoms with Gasteiger partial charge in [-0.3, -0.25) is 14.4 Å². The molecule has 0 fully saturated rings. The van der Waals surface area contributed by atoms with Gasteiger partial charge in [-0.1, -0.05) is 47.2 Å². The lowest BCUT2D eigenvalue weighted by Crippen LogP contribution is -2.43. The summed E-state index contributed by atoms with van der Waals surface area (Å²) in [6.07, 6.45) is 0.239. The highest BCUT2D eigenvalue weighted by Gasteiger charge is 2.55. The molecule has 0 amide bonds. The van der Waals surface area contributed by atoms with Crippen LogP contribution in [-0.4, -0.2) is 36.5 Å². The summed E-state index contributed by atoms with van der Waals surface area (Å²) < 4.78 is 10.6. The van der Waals surface area contributed by atoms with Gasteiger partial charge in [0.05, 0.1) is 18.8 Å². The Morgan fingerprint density at radius 2 is 1.42 bits per heavy atom. The SMILES string of the molecule is CCOC(=O)C1(C(=O)OCC)Cc2c(O)c(C=O)c(-c3ccc(Cl)cc3)c(C#Cc3ccc(Cl)cc3)c2C1. The standard InChI is InChI=1S/C30H24Cl2O6/c1-3-37-28(35)30(29(36)38-4-2)15-23-22(14-7-18-5-10-20(31)11-6-18)26(19-8-12-21(32)13-9-19)25(17-33)27(34)24(23)16-30/h5-6,8-13,17,34H,3-4,15-16H2,1-2H3. The van der Waals surface area contributed by atoms with Crippen LogP contribution >= 0.6 is 23.2 Å². The van der Waals surface area contributed by atoms with Gasteiger partial charge >= 0.3 is 11.9 Å². The minimum Gasteiger partial charge on any atom is -0.507 e. The quantitative estimate of drug-likeness (QED) is 0.181. The Morgan fingerprint density at radius 3 is 1.95 bits per heavy atom. The average molecular weight is 551 g/mol. The van der Waals surface area contributed by atoms with Crippen molar-refractivity contribution in [1.82, 2.24) is 0 Å². The fraction of sp³-hybridized carbons (Fsp3) is 0.233. The number of halogens is 2. The third kappa shape index (κ3) is 5.00. The largest absolute Gasteiger partial charge is 0.507 e. The first-order valence-electron chi connectivity index (χ1n) is 12.0. The van der Waals surface area contributed by atoms with Crippen LogP contribution in [0, 0.1) is 17.3 Å². The first-order valence-corrected chi connectivity index (χ1v) is 12.7. The van der Waals surface area contributed by atoms with E-state index >= 15 is 0 Å². The molecule has 0 saturated carbocycles. The minimum atomic E-state index is -1.72. The molecule has 0 heterocycles. The van der Waals surface area contributed by atoms with Crippen molar-refractivity contribution in [3.8, 4) is 28.7 Å². The molecule has 1 aliphatic carbocycles. The zero-order valence-electron chi connectivity index (χ0n) is 20.8. The summed E-state index contributed by atoms with van der Waals surface area (Å²) in [4.78, 5) is 38.7. The van der Waals surface area contributed by atoms with Crippen LogP contribution in [0.3, 0.4) is 0 Å². The van der Waals surface area contributed by atoms with Gasteiger partial charge in [0.1, 0.15) is 5.75 Å². The van der Waals surface area contributed by atoms with E-state index in [0.717, 1.165) is 0 Å². The molecule has 6 nitrogen and oxygen atoms in total. The van der Waals surface area contributed by atoms with Gasteiger partial charge < -0.3 is 14.6 Å². The first-order chi connectivity index (χ1) is 18.2. The molecule has 194 valence electrons. The van der Waals surface area contributed by atoms with Gasteiger partial charge in [0.15, 0.2) is 11.7 Å². The topological polar surface area (TPSA) is 89.9 Å². The van der Waals surface area contributed by atoms with Crippen LogP contribution in [0.1, 0.15) is 46.5 Å². The Labute approximate surface area is 230 Å². The molecule has 0 unspecified atom stereocenters. The normalized spacial score (nSPS) is 13.2. The number of benzene rings is 3. The highest BCUT2D eigenvalue weighted by Crippen LogP contribution is 2.49. The van der Waals surface area contributed by atoms with E-state index in [4.69, 9.17) is 32.7 Å². The predicted octanol–water partition coefficient (Wildman–Crippen LogP) is 5.79. The second-order valence-electron chi connectivity index (χ2n) is 8.73. The van der Waals surface area contributed by atoms with E-state index < -0.39 is 17.4 Å². The molecular weight excluding hydrogens is 527 g/mol. The Balaban J connectivity index is 2.02. The molecule has 0 saturated heterocycles. The summed E-state index contributed by atoms with van der Waals surface area (Å²) in [5.41, 5.74) is 1.06. The maximum absolute atomic E-state index is 13.2. The molecule has 0 aromatic heterocycles. The summed E-state index contributed by atoms with van der Waals surface area (Å²) in [7, 11) is 0. The molecule has 0 bridgehead atoms.